The van der Waals surface area contributed by atoms with E-state index in [-0.39, 0.29) is 0 Å². The van der Waals surface area contributed by atoms with E-state index in [1.165, 1.54) is 0 Å². The average molecular weight is 82.9 g/mol. The predicted molar refractivity (Wildman–Crippen MR) is 31.5 cm³/mol. The molecular weight excluding hydrogens is 72.9 g/mol. The van der Waals surface area contributed by atoms with E-state index < -0.39 is 0 Å². The molecule has 0 atom stereocenters. The van der Waals surface area contributed by atoms with Crippen LogP contribution in [-0.4, -0.2) is 32.1 Å². The molecule has 0 aromatic rings. The van der Waals surface area contributed by atoms with Gasteiger partial charge in [-0.15, -0.1) is 0 Å². The van der Waals surface area contributed by atoms with Crippen molar-refractivity contribution in [3.63, 3.8) is 0 Å². The van der Waals surface area contributed by atoms with Crippen LogP contribution in [0.5, 0.6) is 0 Å². The molecule has 0 unspecified atom stereocenters. The molecule has 0 aliphatic carbocycles. The van der Waals surface area contributed by atoms with Crippen LogP contribution in [0, 0.1) is 0 Å². The first-order chi connectivity index (χ1) is 2.81. The summed E-state index contributed by atoms with van der Waals surface area (Å²) >= 11 is 0. The molecular formula is C4H10BN. The van der Waals surface area contributed by atoms with Crippen molar-refractivity contribution in [3.8, 4) is 0 Å². The summed E-state index contributed by atoms with van der Waals surface area (Å²) in [5, 5.41) is 0. The van der Waals surface area contributed by atoms with Crippen LogP contribution in [0.2, 0.25) is 0 Å². The van der Waals surface area contributed by atoms with Crippen LogP contribution in [0.4, 0.5) is 0 Å². The molecule has 0 aromatic carbocycles. The zero-order chi connectivity index (χ0) is 4.99. The van der Waals surface area contributed by atoms with E-state index in [0.717, 1.165) is 6.54 Å². The third-order valence-corrected chi connectivity index (χ3v) is 0.810. The second kappa shape index (κ2) is 2.95. The molecule has 0 spiro atoms. The molecule has 0 rings (SSSR count). The molecule has 0 N–H and O–H groups in total. The van der Waals surface area contributed by atoms with Crippen molar-refractivity contribution in [3.05, 3.63) is 0 Å². The van der Waals surface area contributed by atoms with Crippen molar-refractivity contribution in [2.45, 2.75) is 6.92 Å². The zero-order valence-electron chi connectivity index (χ0n) is 4.44. The van der Waals surface area contributed by atoms with Crippen LogP contribution in [0.3, 0.4) is 0 Å². The van der Waals surface area contributed by atoms with E-state index in [1.807, 2.05) is 11.9 Å². The first-order valence-electron chi connectivity index (χ1n) is 2.14. The Kier molecular flexibility index (Phi) is 2.82. The minimum atomic E-state index is 1.05. The van der Waals surface area contributed by atoms with Crippen molar-refractivity contribution in [1.82, 2.24) is 4.90 Å². The van der Waals surface area contributed by atoms with E-state index in [0.29, 0.717) is 0 Å². The summed E-state index contributed by atoms with van der Waals surface area (Å²) in [4.78, 5) is 2.01. The van der Waals surface area contributed by atoms with Crippen LogP contribution in [-0.2, 0) is 0 Å². The summed E-state index contributed by atoms with van der Waals surface area (Å²) in [5.74, 6) is 0. The van der Waals surface area contributed by atoms with Gasteiger partial charge in [-0.05, 0) is 0 Å². The van der Waals surface area contributed by atoms with Gasteiger partial charge in [-0.2, -0.15) is 0 Å². The van der Waals surface area contributed by atoms with Gasteiger partial charge in [-0.1, -0.05) is 0 Å². The summed E-state index contributed by atoms with van der Waals surface area (Å²) in [6, 6.07) is 0. The van der Waals surface area contributed by atoms with Crippen molar-refractivity contribution >= 4 is 13.6 Å². The van der Waals surface area contributed by atoms with E-state index in [2.05, 4.69) is 14.4 Å². The Labute approximate surface area is 40.0 Å². The van der Waals surface area contributed by atoms with Crippen LogP contribution in [0.1, 0.15) is 6.92 Å². The molecule has 0 saturated carbocycles. The van der Waals surface area contributed by atoms with Gasteiger partial charge in [-0.25, -0.2) is 0 Å². The van der Waals surface area contributed by atoms with Gasteiger partial charge in [0.15, 0.2) is 0 Å². The summed E-state index contributed by atoms with van der Waals surface area (Å²) in [5.41, 5.74) is 0. The minimum absolute atomic E-state index is 1.05. The van der Waals surface area contributed by atoms with Gasteiger partial charge in [0.2, 0.25) is 0 Å². The van der Waals surface area contributed by atoms with Crippen molar-refractivity contribution in [2.24, 2.45) is 0 Å². The Morgan fingerprint density at radius 2 is 2.33 bits per heavy atom. The van der Waals surface area contributed by atoms with Gasteiger partial charge in [0.25, 0.3) is 0 Å². The molecule has 0 heterocycles. The van der Waals surface area contributed by atoms with Crippen LogP contribution in [0.15, 0.2) is 0 Å². The Hall–Kier alpha value is -0.265. The molecule has 0 fully saturated rings. The predicted octanol–water partition coefficient (Wildman–Crippen LogP) is -0.401. The number of hydrogen-bond donors (Lipinski definition) is 0. The fourth-order valence-corrected chi connectivity index (χ4v) is 0.129. The summed E-state index contributed by atoms with van der Waals surface area (Å²) in [6.07, 6.45) is 1.81. The van der Waals surface area contributed by atoms with Crippen LogP contribution < -0.4 is 0 Å². The summed E-state index contributed by atoms with van der Waals surface area (Å²) in [7, 11) is 5.55. The quantitative estimate of drug-likeness (QED) is 0.410. The normalized spacial score (nSPS) is 7.50. The second-order valence-electron chi connectivity index (χ2n) is 1.26. The van der Waals surface area contributed by atoms with E-state index in [1.54, 1.807) is 6.09 Å². The Morgan fingerprint density at radius 3 is 2.33 bits per heavy atom. The fraction of sp³-hybridized carbons (Fsp3) is 0.750. The summed E-state index contributed by atoms with van der Waals surface area (Å²) in [6.45, 7) is 3.13. The van der Waals surface area contributed by atoms with E-state index >= 15 is 0 Å². The van der Waals surface area contributed by atoms with E-state index in [9.17, 15) is 0 Å². The third kappa shape index (κ3) is 2.00. The number of rotatable bonds is 2. The molecule has 6 heavy (non-hydrogen) atoms. The summed E-state index contributed by atoms with van der Waals surface area (Å²) < 4.78 is 0. The fourth-order valence-electron chi connectivity index (χ4n) is 0.129. The van der Waals surface area contributed by atoms with Gasteiger partial charge in [0, 0.05) is 0 Å². The van der Waals surface area contributed by atoms with Crippen molar-refractivity contribution in [2.75, 3.05) is 13.6 Å². The first kappa shape index (κ1) is 5.73. The van der Waals surface area contributed by atoms with Crippen LogP contribution >= 0.6 is 0 Å². The maximum absolute atomic E-state index is 3.56. The average Bonchev–Trinajstić information content (AvgIpc) is 1.65. The molecule has 0 aromatic heterocycles. The molecule has 0 aliphatic rings. The molecule has 0 aliphatic heterocycles. The molecule has 34 valence electrons. The molecule has 0 radical (unpaired) electrons. The van der Waals surface area contributed by atoms with Crippen molar-refractivity contribution < 1.29 is 0 Å². The Morgan fingerprint density at radius 1 is 1.83 bits per heavy atom. The van der Waals surface area contributed by atoms with Gasteiger partial charge in [-0.3, -0.25) is 0 Å². The van der Waals surface area contributed by atoms with E-state index in [4.69, 9.17) is 0 Å². The molecule has 0 bridgehead atoms. The van der Waals surface area contributed by atoms with Crippen molar-refractivity contribution in [1.29, 1.82) is 0 Å². The van der Waals surface area contributed by atoms with Gasteiger partial charge < -0.3 is 0 Å². The topological polar surface area (TPSA) is 3.24 Å². The Balaban J connectivity index is 2.96. The number of nitrogens with zero attached hydrogens (tertiary/aromatic N) is 1. The van der Waals surface area contributed by atoms with Crippen LogP contribution in [0.25, 0.3) is 0 Å². The molecule has 1 nitrogen and oxygen atoms in total. The maximum atomic E-state index is 3.56. The number of hydrogen-bond acceptors (Lipinski definition) is 1. The molecule has 2 heteroatoms. The zero-order valence-corrected chi connectivity index (χ0v) is 4.44. The Bertz CT molecular complexity index is 44.8. The monoisotopic (exact) mass is 83.1 g/mol. The third-order valence-electron chi connectivity index (χ3n) is 0.810. The molecule has 0 amide bonds. The standard InChI is InChI=1S/C4H10BN/c1-3-6(2)4-5/h4-5H,3H2,1-2H3. The SMILES string of the molecule is B=CN(C)CC. The first-order valence-corrected chi connectivity index (χ1v) is 2.14. The second-order valence-corrected chi connectivity index (χ2v) is 1.26. The van der Waals surface area contributed by atoms with Gasteiger partial charge >= 0.3 is 39.0 Å². The molecule has 0 saturated heterocycles. The van der Waals surface area contributed by atoms with Gasteiger partial charge in [0.05, 0.1) is 0 Å². The van der Waals surface area contributed by atoms with Gasteiger partial charge in [0.1, 0.15) is 0 Å².